The first-order chi connectivity index (χ1) is 32.0. The number of piperidine rings is 2. The van der Waals surface area contributed by atoms with Crippen molar-refractivity contribution >= 4 is 63.6 Å². The Balaban J connectivity index is 0.000000204. The minimum Gasteiger partial charge on any atom is -0.542 e. The first-order valence-corrected chi connectivity index (χ1v) is 29.9. The van der Waals surface area contributed by atoms with Crippen LogP contribution in [0.2, 0.25) is 46.3 Å². The summed E-state index contributed by atoms with van der Waals surface area (Å²) in [4.78, 5) is 34.9. The van der Waals surface area contributed by atoms with Gasteiger partial charge in [0, 0.05) is 23.1 Å². The van der Waals surface area contributed by atoms with Gasteiger partial charge in [-0.15, -0.1) is 0 Å². The number of hydrogen-bond acceptors (Lipinski definition) is 8. The predicted octanol–water partition coefficient (Wildman–Crippen LogP) is 14.6. The second kappa shape index (κ2) is 24.0. The van der Waals surface area contributed by atoms with Crippen LogP contribution < -0.4 is 29.5 Å². The number of nitrogens with zero attached hydrogens (tertiary/aromatic N) is 3. The van der Waals surface area contributed by atoms with Crippen LogP contribution >= 0.6 is 23.2 Å². The van der Waals surface area contributed by atoms with Gasteiger partial charge in [-0.3, -0.25) is 10.6 Å². The summed E-state index contributed by atoms with van der Waals surface area (Å²) in [5.41, 5.74) is 2.73. The Labute approximate surface area is 415 Å². The van der Waals surface area contributed by atoms with Crippen molar-refractivity contribution < 1.29 is 27.6 Å². The number of benzene rings is 3. The summed E-state index contributed by atoms with van der Waals surface area (Å²) >= 11 is 11.8. The number of rotatable bonds is 9. The summed E-state index contributed by atoms with van der Waals surface area (Å²) in [6.07, 6.45) is 6.97. The topological polar surface area (TPSA) is 127 Å². The Bertz CT molecular complexity index is 2350. The Hall–Kier alpha value is -5.00. The SMILES string of the molecule is CC(C)(C)[Si](C)(C)Oc1ccc(NC(=O)N2CCC(c3ccc(Cl)cc3)CC2)nc1.CC(C)(C)[Si](C)(C)Oc1ccc(NC(=O)Oc2ccc(F)cc2)nc1.Clc1ccc(C2CCNCC2)cc1. The molecular weight excluding hydrogens is 935 g/mol. The van der Waals surface area contributed by atoms with Crippen molar-refractivity contribution in [1.29, 1.82) is 0 Å². The van der Waals surface area contributed by atoms with Crippen molar-refractivity contribution in [2.45, 2.75) is 115 Å². The summed E-state index contributed by atoms with van der Waals surface area (Å²) in [6, 6.07) is 28.5. The molecule has 0 aliphatic carbocycles. The lowest BCUT2D eigenvalue weighted by molar-refractivity contribution is 0.194. The summed E-state index contributed by atoms with van der Waals surface area (Å²) in [7, 11) is -3.84. The monoisotopic (exact) mass is 1000 g/mol. The highest BCUT2D eigenvalue weighted by molar-refractivity contribution is 6.75. The highest BCUT2D eigenvalue weighted by Crippen LogP contribution is 2.38. The Morgan fingerprint density at radius 1 is 0.618 bits per heavy atom. The van der Waals surface area contributed by atoms with Gasteiger partial charge in [-0.1, -0.05) is 89.0 Å². The van der Waals surface area contributed by atoms with Crippen LogP contribution in [0.3, 0.4) is 0 Å². The highest BCUT2D eigenvalue weighted by Gasteiger charge is 2.40. The molecule has 2 fully saturated rings. The first kappa shape index (κ1) is 54.0. The maximum Gasteiger partial charge on any atom is 0.418 e. The molecule has 3 aromatic carbocycles. The lowest BCUT2D eigenvalue weighted by Gasteiger charge is -2.36. The van der Waals surface area contributed by atoms with Crippen LogP contribution in [0.15, 0.2) is 109 Å². The number of halogens is 3. The standard InChI is InChI=1S/C23H32ClN3O2Si.C18H23FN2O3Si.C11H14ClN/c1-23(2,3)30(4,5)29-20-10-11-21(25-16-20)26-22(28)27-14-12-18(13-15-27)17-6-8-19(24)9-7-17;1-18(2,3)25(4,5)24-15-10-11-16(20-12-15)21-17(22)23-14-8-6-13(19)7-9-14;12-11-3-1-9(2-4-11)10-5-7-13-8-6-10/h6-11,16,18H,12-15H2,1-5H3,(H,25,26,28);6-12H,1-5H3,(H,20,21,22);1-4,10,13H,5-8H2. The van der Waals surface area contributed by atoms with Crippen LogP contribution in [0.25, 0.3) is 0 Å². The lowest BCUT2D eigenvalue weighted by atomic mass is 9.90. The van der Waals surface area contributed by atoms with E-state index in [1.807, 2.05) is 35.2 Å². The van der Waals surface area contributed by atoms with E-state index in [1.165, 1.54) is 48.2 Å². The zero-order valence-corrected chi connectivity index (χ0v) is 44.7. The molecule has 0 saturated carbocycles. The normalized spacial score (nSPS) is 14.9. The molecule has 4 heterocycles. The van der Waals surface area contributed by atoms with E-state index in [2.05, 4.69) is 118 Å². The maximum atomic E-state index is 12.8. The van der Waals surface area contributed by atoms with Gasteiger partial charge in [-0.25, -0.2) is 23.9 Å². The minimum atomic E-state index is -1.93. The molecule has 2 saturated heterocycles. The van der Waals surface area contributed by atoms with Crippen molar-refractivity contribution in [3.05, 3.63) is 136 Å². The molecule has 0 unspecified atom stereocenters. The predicted molar refractivity (Wildman–Crippen MR) is 280 cm³/mol. The number of pyridine rings is 2. The summed E-state index contributed by atoms with van der Waals surface area (Å²) < 4.78 is 30.3. The van der Waals surface area contributed by atoms with Crippen LogP contribution in [0.4, 0.5) is 25.6 Å². The van der Waals surface area contributed by atoms with Crippen molar-refractivity contribution in [2.24, 2.45) is 0 Å². The number of hydrogen-bond donors (Lipinski definition) is 3. The van der Waals surface area contributed by atoms with Gasteiger partial charge in [0.25, 0.3) is 16.6 Å². The van der Waals surface area contributed by atoms with Crippen LogP contribution in [0.5, 0.6) is 17.2 Å². The second-order valence-corrected chi connectivity index (χ2v) is 30.6. The molecule has 2 aliphatic heterocycles. The van der Waals surface area contributed by atoms with Gasteiger partial charge >= 0.3 is 12.1 Å². The average Bonchev–Trinajstić information content (AvgIpc) is 3.29. The van der Waals surface area contributed by atoms with Crippen LogP contribution in [0.1, 0.15) is 90.2 Å². The number of urea groups is 1. The van der Waals surface area contributed by atoms with Gasteiger partial charge in [0.15, 0.2) is 0 Å². The smallest absolute Gasteiger partial charge is 0.418 e. The third kappa shape index (κ3) is 16.6. The van der Waals surface area contributed by atoms with E-state index in [0.717, 1.165) is 60.7 Å². The number of aromatic nitrogens is 2. The van der Waals surface area contributed by atoms with Crippen molar-refractivity contribution in [2.75, 3.05) is 36.8 Å². The Kier molecular flexibility index (Phi) is 19.1. The quantitative estimate of drug-likeness (QED) is 0.125. The van der Waals surface area contributed by atoms with E-state index in [-0.39, 0.29) is 21.9 Å². The van der Waals surface area contributed by atoms with E-state index in [4.69, 9.17) is 36.8 Å². The zero-order valence-electron chi connectivity index (χ0n) is 41.2. The highest BCUT2D eigenvalue weighted by atomic mass is 35.5. The molecule has 11 nitrogen and oxygen atoms in total. The van der Waals surface area contributed by atoms with Crippen LogP contribution in [-0.4, -0.2) is 69.8 Å². The zero-order chi connectivity index (χ0) is 49.7. The third-order valence-electron chi connectivity index (χ3n) is 13.1. The molecule has 2 aromatic heterocycles. The van der Waals surface area contributed by atoms with Gasteiger partial charge in [-0.05, 0) is 171 Å². The number of carbonyl (C=O) groups excluding carboxylic acids is 2. The summed E-state index contributed by atoms with van der Waals surface area (Å²) in [5.74, 6) is 3.36. The van der Waals surface area contributed by atoms with E-state index in [1.54, 1.807) is 30.6 Å². The van der Waals surface area contributed by atoms with Gasteiger partial charge in [-0.2, -0.15) is 0 Å². The van der Waals surface area contributed by atoms with Crippen LogP contribution in [-0.2, 0) is 0 Å². The average molecular weight is 1000 g/mol. The maximum absolute atomic E-state index is 12.8. The number of carbonyl (C=O) groups is 2. The minimum absolute atomic E-state index is 0.0862. The van der Waals surface area contributed by atoms with Gasteiger partial charge in [0.1, 0.15) is 34.7 Å². The second-order valence-electron chi connectivity index (χ2n) is 20.3. The summed E-state index contributed by atoms with van der Waals surface area (Å²) in [5, 5.41) is 10.6. The fourth-order valence-corrected chi connectivity index (χ4v) is 9.18. The van der Waals surface area contributed by atoms with Crippen molar-refractivity contribution in [3.8, 4) is 17.2 Å². The molecule has 3 amide bonds. The first-order valence-electron chi connectivity index (χ1n) is 23.3. The molecule has 5 aromatic rings. The fraction of sp³-hybridized carbons (Fsp3) is 0.423. The lowest BCUT2D eigenvalue weighted by Crippen LogP contribution is -2.43. The largest absolute Gasteiger partial charge is 0.542 e. The molecule has 7 rings (SSSR count). The van der Waals surface area contributed by atoms with Crippen molar-refractivity contribution in [3.63, 3.8) is 0 Å². The van der Waals surface area contributed by atoms with E-state index < -0.39 is 28.5 Å². The van der Waals surface area contributed by atoms with E-state index >= 15 is 0 Å². The Morgan fingerprint density at radius 3 is 1.44 bits per heavy atom. The van der Waals surface area contributed by atoms with E-state index in [0.29, 0.717) is 23.3 Å². The molecule has 0 spiro atoms. The molecule has 2 aliphatic rings. The Morgan fingerprint density at radius 2 is 1.03 bits per heavy atom. The number of ether oxygens (including phenoxy) is 1. The fourth-order valence-electron chi connectivity index (χ4n) is 6.89. The van der Waals surface area contributed by atoms with Crippen LogP contribution in [0, 0.1) is 5.82 Å². The molecule has 16 heteroatoms. The van der Waals surface area contributed by atoms with Gasteiger partial charge in [0.2, 0.25) is 0 Å². The molecule has 0 radical (unpaired) electrons. The number of amides is 3. The number of nitrogens with one attached hydrogen (secondary N) is 3. The third-order valence-corrected chi connectivity index (χ3v) is 22.3. The molecular formula is C52H69Cl2FN6O5Si2. The number of likely N-dealkylation sites (tertiary alicyclic amines) is 1. The van der Waals surface area contributed by atoms with Gasteiger partial charge in [0.05, 0.1) is 12.4 Å². The van der Waals surface area contributed by atoms with Gasteiger partial charge < -0.3 is 23.8 Å². The molecule has 0 bridgehead atoms. The molecule has 3 N–H and O–H groups in total. The summed E-state index contributed by atoms with van der Waals surface area (Å²) in [6.45, 7) is 25.6. The van der Waals surface area contributed by atoms with E-state index in [9.17, 15) is 14.0 Å². The van der Waals surface area contributed by atoms with Crippen molar-refractivity contribution in [1.82, 2.24) is 20.2 Å². The molecule has 366 valence electrons. The molecule has 0 atom stereocenters. The molecule has 68 heavy (non-hydrogen) atoms. The number of anilines is 2.